The third-order valence-electron chi connectivity index (χ3n) is 3.77. The highest BCUT2D eigenvalue weighted by Gasteiger charge is 2.22. The number of benzene rings is 2. The molecule has 3 rings (SSSR count). The number of nitrogens with zero attached hydrogens (tertiary/aromatic N) is 1. The van der Waals surface area contributed by atoms with Gasteiger partial charge in [-0.2, -0.15) is 0 Å². The first-order valence-corrected chi connectivity index (χ1v) is 9.32. The van der Waals surface area contributed by atoms with Crippen LogP contribution in [0.25, 0.3) is 4.85 Å². The largest absolute Gasteiger partial charge is 0.494 e. The molecule has 0 aliphatic carbocycles. The summed E-state index contributed by atoms with van der Waals surface area (Å²) in [6.45, 7) is 9.94. The second kappa shape index (κ2) is 8.12. The molecule has 0 aliphatic heterocycles. The third kappa shape index (κ3) is 4.05. The van der Waals surface area contributed by atoms with Gasteiger partial charge in [0.25, 0.3) is 0 Å². The van der Waals surface area contributed by atoms with E-state index in [4.69, 9.17) is 28.6 Å². The molecule has 0 bridgehead atoms. The minimum atomic E-state index is -0.237. The third-order valence-corrected chi connectivity index (χ3v) is 5.13. The van der Waals surface area contributed by atoms with Crippen LogP contribution in [0.15, 0.2) is 48.5 Å². The van der Waals surface area contributed by atoms with Crippen molar-refractivity contribution in [2.24, 2.45) is 0 Å². The van der Waals surface area contributed by atoms with Crippen molar-refractivity contribution in [3.05, 3.63) is 75.4 Å². The molecular weight excluding hydrogens is 382 g/mol. The number of ketones is 1. The summed E-state index contributed by atoms with van der Waals surface area (Å²) in [6.07, 6.45) is 0. The molecule has 0 saturated heterocycles. The van der Waals surface area contributed by atoms with Crippen LogP contribution in [0, 0.1) is 6.57 Å². The molecule has 0 unspecified atom stereocenters. The molecule has 0 atom stereocenters. The van der Waals surface area contributed by atoms with Crippen LogP contribution in [0.2, 0.25) is 5.02 Å². The number of nitrogens with two attached hydrogens (primary N) is 1. The molecule has 0 spiro atoms. The van der Waals surface area contributed by atoms with E-state index in [9.17, 15) is 4.79 Å². The zero-order valence-corrected chi connectivity index (χ0v) is 16.0. The smallest absolute Gasteiger partial charge is 0.243 e. The second-order valence-corrected chi connectivity index (χ2v) is 7.01. The minimum Gasteiger partial charge on any atom is -0.494 e. The summed E-state index contributed by atoms with van der Waals surface area (Å²) in [5.41, 5.74) is 7.76. The molecule has 0 radical (unpaired) electrons. The van der Waals surface area contributed by atoms with Crippen molar-refractivity contribution in [1.29, 1.82) is 0 Å². The van der Waals surface area contributed by atoms with Crippen LogP contribution in [0.3, 0.4) is 0 Å². The highest BCUT2D eigenvalue weighted by atomic mass is 35.5. The molecule has 0 aliphatic rings. The van der Waals surface area contributed by atoms with Gasteiger partial charge in [-0.05, 0) is 55.5 Å². The molecule has 5 nitrogen and oxygen atoms in total. The van der Waals surface area contributed by atoms with Gasteiger partial charge >= 0.3 is 0 Å². The second-order valence-electron chi connectivity index (χ2n) is 5.55. The van der Waals surface area contributed by atoms with Crippen molar-refractivity contribution in [2.75, 3.05) is 17.7 Å². The number of carbonyl (C=O) groups is 1. The zero-order chi connectivity index (χ0) is 19.4. The highest BCUT2D eigenvalue weighted by Crippen LogP contribution is 2.45. The van der Waals surface area contributed by atoms with Crippen LogP contribution in [0.1, 0.15) is 22.2 Å². The van der Waals surface area contributed by atoms with Crippen LogP contribution in [0.5, 0.6) is 5.75 Å². The summed E-state index contributed by atoms with van der Waals surface area (Å²) in [7, 11) is 0. The molecule has 3 N–H and O–H groups in total. The van der Waals surface area contributed by atoms with E-state index in [1.54, 1.807) is 24.3 Å². The van der Waals surface area contributed by atoms with E-state index in [2.05, 4.69) is 10.2 Å². The number of thiophene rings is 1. The van der Waals surface area contributed by atoms with Gasteiger partial charge in [-0.15, -0.1) is 11.3 Å². The normalized spacial score (nSPS) is 10.3. The number of ether oxygens (including phenoxy) is 1. The molecule has 27 heavy (non-hydrogen) atoms. The first-order valence-electron chi connectivity index (χ1n) is 8.13. The highest BCUT2D eigenvalue weighted by molar-refractivity contribution is 7.19. The molecule has 3 aromatic rings. The first-order chi connectivity index (χ1) is 13.0. The molecule has 0 saturated carbocycles. The summed E-state index contributed by atoms with van der Waals surface area (Å²) in [5.74, 6) is 0.525. The summed E-state index contributed by atoms with van der Waals surface area (Å²) in [6, 6.07) is 13.9. The van der Waals surface area contributed by atoms with Crippen LogP contribution in [-0.2, 0) is 0 Å². The standard InChI is InChI=1S/C20H16ClN3O2S/c1-3-26-15-10-8-14(9-11-15)24-20-17(23-2)16(22)19(27-20)18(25)12-4-6-13(21)7-5-12/h4-11,24H,3,22H2,1H3. The molecule has 1 aromatic heterocycles. The van der Waals surface area contributed by atoms with Gasteiger partial charge in [-0.25, -0.2) is 4.85 Å². The SMILES string of the molecule is [C-]#[N+]c1c(Nc2ccc(OCC)cc2)sc(C(=O)c2ccc(Cl)cc2)c1N. The molecule has 0 fully saturated rings. The quantitative estimate of drug-likeness (QED) is 0.401. The lowest BCUT2D eigenvalue weighted by molar-refractivity contribution is 0.104. The average molecular weight is 398 g/mol. The van der Waals surface area contributed by atoms with Gasteiger partial charge in [0.15, 0.2) is 0 Å². The van der Waals surface area contributed by atoms with E-state index in [-0.39, 0.29) is 17.2 Å². The van der Waals surface area contributed by atoms with Gasteiger partial charge in [0.05, 0.1) is 23.7 Å². The van der Waals surface area contributed by atoms with Crippen LogP contribution >= 0.6 is 22.9 Å². The maximum absolute atomic E-state index is 12.8. The van der Waals surface area contributed by atoms with Gasteiger partial charge in [0.1, 0.15) is 10.8 Å². The van der Waals surface area contributed by atoms with Gasteiger partial charge in [-0.1, -0.05) is 11.6 Å². The molecule has 1 heterocycles. The summed E-state index contributed by atoms with van der Waals surface area (Å²) in [4.78, 5) is 16.6. The topological polar surface area (TPSA) is 68.7 Å². The van der Waals surface area contributed by atoms with E-state index < -0.39 is 0 Å². The number of hydrogen-bond donors (Lipinski definition) is 2. The molecule has 7 heteroatoms. The maximum atomic E-state index is 12.8. The maximum Gasteiger partial charge on any atom is 0.243 e. The Morgan fingerprint density at radius 1 is 1.22 bits per heavy atom. The first kappa shape index (κ1) is 18.8. The van der Waals surface area contributed by atoms with Gasteiger partial charge < -0.3 is 15.8 Å². The summed E-state index contributed by atoms with van der Waals surface area (Å²) in [5, 5.41) is 4.24. The van der Waals surface area contributed by atoms with E-state index in [0.29, 0.717) is 27.1 Å². The minimum absolute atomic E-state index is 0.184. The Morgan fingerprint density at radius 3 is 2.48 bits per heavy atom. The number of nitrogen functional groups attached to an aromatic ring is 1. The van der Waals surface area contributed by atoms with E-state index in [0.717, 1.165) is 22.8 Å². The van der Waals surface area contributed by atoms with Crippen molar-refractivity contribution >= 4 is 50.8 Å². The summed E-state index contributed by atoms with van der Waals surface area (Å²) < 4.78 is 5.42. The molecule has 136 valence electrons. The fourth-order valence-electron chi connectivity index (χ4n) is 2.46. The summed E-state index contributed by atoms with van der Waals surface area (Å²) >= 11 is 7.04. The van der Waals surface area contributed by atoms with Crippen LogP contribution in [-0.4, -0.2) is 12.4 Å². The Kier molecular flexibility index (Phi) is 5.65. The number of rotatable bonds is 6. The fourth-order valence-corrected chi connectivity index (χ4v) is 3.63. The monoisotopic (exact) mass is 397 g/mol. The fraction of sp³-hybridized carbons (Fsp3) is 0.100. The Labute approximate surface area is 166 Å². The number of carbonyl (C=O) groups excluding carboxylic acids is 1. The predicted octanol–water partition coefficient (Wildman–Crippen LogP) is 5.91. The Bertz CT molecular complexity index is 1010. The van der Waals surface area contributed by atoms with Crippen molar-refractivity contribution < 1.29 is 9.53 Å². The average Bonchev–Trinajstić information content (AvgIpc) is 2.98. The zero-order valence-electron chi connectivity index (χ0n) is 14.5. The van der Waals surface area contributed by atoms with Crippen molar-refractivity contribution in [2.45, 2.75) is 6.92 Å². The van der Waals surface area contributed by atoms with Crippen molar-refractivity contribution in [3.8, 4) is 5.75 Å². The Balaban J connectivity index is 1.90. The lowest BCUT2D eigenvalue weighted by Gasteiger charge is -2.07. The Morgan fingerprint density at radius 2 is 1.89 bits per heavy atom. The van der Waals surface area contributed by atoms with E-state index in [1.807, 2.05) is 31.2 Å². The van der Waals surface area contributed by atoms with E-state index in [1.165, 1.54) is 0 Å². The predicted molar refractivity (Wildman–Crippen MR) is 111 cm³/mol. The Hall–Kier alpha value is -3.01. The van der Waals surface area contributed by atoms with Crippen molar-refractivity contribution in [1.82, 2.24) is 0 Å². The molecule has 2 aromatic carbocycles. The van der Waals surface area contributed by atoms with Gasteiger partial charge in [0, 0.05) is 16.3 Å². The lowest BCUT2D eigenvalue weighted by Crippen LogP contribution is -2.01. The van der Waals surface area contributed by atoms with E-state index >= 15 is 0 Å². The number of anilines is 3. The lowest BCUT2D eigenvalue weighted by atomic mass is 10.1. The van der Waals surface area contributed by atoms with Crippen LogP contribution in [0.4, 0.5) is 22.1 Å². The van der Waals surface area contributed by atoms with Gasteiger partial charge in [-0.3, -0.25) is 4.79 Å². The van der Waals surface area contributed by atoms with Crippen molar-refractivity contribution in [3.63, 3.8) is 0 Å². The molecule has 0 amide bonds. The molecular formula is C20H16ClN3O2S. The van der Waals surface area contributed by atoms with Gasteiger partial charge in [0.2, 0.25) is 11.5 Å². The number of hydrogen-bond acceptors (Lipinski definition) is 5. The number of halogens is 1. The number of nitrogens with one attached hydrogen (secondary N) is 1. The van der Waals surface area contributed by atoms with Crippen LogP contribution < -0.4 is 15.8 Å².